The fourth-order valence-corrected chi connectivity index (χ4v) is 2.72. The third-order valence-corrected chi connectivity index (χ3v) is 3.66. The molecule has 1 aliphatic heterocycles. The Morgan fingerprint density at radius 3 is 3.10 bits per heavy atom. The van der Waals surface area contributed by atoms with E-state index >= 15 is 0 Å². The van der Waals surface area contributed by atoms with Crippen molar-refractivity contribution in [1.29, 1.82) is 0 Å². The summed E-state index contributed by atoms with van der Waals surface area (Å²) in [5.74, 6) is 1.13. The molecule has 1 N–H and O–H groups in total. The van der Waals surface area contributed by atoms with Crippen molar-refractivity contribution >= 4 is 0 Å². The molecule has 5 nitrogen and oxygen atoms in total. The van der Waals surface area contributed by atoms with Crippen LogP contribution in [0, 0.1) is 6.92 Å². The summed E-state index contributed by atoms with van der Waals surface area (Å²) < 4.78 is 0. The van der Waals surface area contributed by atoms with E-state index in [-0.39, 0.29) is 5.56 Å². The van der Waals surface area contributed by atoms with Gasteiger partial charge in [-0.05, 0) is 32.0 Å². The van der Waals surface area contributed by atoms with Crippen molar-refractivity contribution < 1.29 is 0 Å². The van der Waals surface area contributed by atoms with Crippen molar-refractivity contribution in [2.45, 2.75) is 25.8 Å². The van der Waals surface area contributed by atoms with Crippen LogP contribution in [0.3, 0.4) is 0 Å². The maximum absolute atomic E-state index is 11.5. The molecule has 0 aliphatic carbocycles. The number of hydrogen-bond acceptors (Lipinski definition) is 4. The average molecular weight is 270 g/mol. The lowest BCUT2D eigenvalue weighted by Gasteiger charge is -2.15. The molecular formula is C15H18N4O. The van der Waals surface area contributed by atoms with Gasteiger partial charge in [0.15, 0.2) is 0 Å². The third kappa shape index (κ3) is 2.93. The van der Waals surface area contributed by atoms with Crippen molar-refractivity contribution in [2.75, 3.05) is 13.1 Å². The Balaban J connectivity index is 1.69. The van der Waals surface area contributed by atoms with Gasteiger partial charge in [0.05, 0.1) is 5.69 Å². The van der Waals surface area contributed by atoms with E-state index in [0.717, 1.165) is 43.3 Å². The van der Waals surface area contributed by atoms with Crippen molar-refractivity contribution in [3.63, 3.8) is 0 Å². The van der Waals surface area contributed by atoms with Gasteiger partial charge in [0.2, 0.25) is 0 Å². The van der Waals surface area contributed by atoms with Crippen molar-refractivity contribution in [2.24, 2.45) is 0 Å². The molecule has 3 rings (SSSR count). The largest absolute Gasteiger partial charge is 0.310 e. The van der Waals surface area contributed by atoms with Crippen LogP contribution in [0.2, 0.25) is 0 Å². The van der Waals surface area contributed by atoms with Gasteiger partial charge in [0, 0.05) is 37.0 Å². The summed E-state index contributed by atoms with van der Waals surface area (Å²) in [5, 5.41) is 0. The first-order valence-electron chi connectivity index (χ1n) is 6.91. The number of nitrogens with one attached hydrogen (secondary N) is 1. The molecule has 0 aromatic carbocycles. The first-order chi connectivity index (χ1) is 9.70. The summed E-state index contributed by atoms with van der Waals surface area (Å²) in [7, 11) is 0. The molecule has 0 saturated carbocycles. The van der Waals surface area contributed by atoms with E-state index in [9.17, 15) is 4.79 Å². The highest BCUT2D eigenvalue weighted by atomic mass is 16.1. The van der Waals surface area contributed by atoms with Crippen LogP contribution < -0.4 is 5.56 Å². The molecule has 2 aromatic rings. The molecule has 20 heavy (non-hydrogen) atoms. The summed E-state index contributed by atoms with van der Waals surface area (Å²) in [6.07, 6.45) is 2.85. The number of nitrogens with zero attached hydrogens (tertiary/aromatic N) is 3. The number of pyridine rings is 1. The van der Waals surface area contributed by atoms with Crippen molar-refractivity contribution in [3.05, 3.63) is 58.0 Å². The summed E-state index contributed by atoms with van der Waals surface area (Å²) in [6, 6.07) is 7.51. The Bertz CT molecular complexity index is 638. The zero-order chi connectivity index (χ0) is 13.9. The summed E-state index contributed by atoms with van der Waals surface area (Å²) in [6.45, 7) is 4.65. The average Bonchev–Trinajstić information content (AvgIpc) is 2.87. The van der Waals surface area contributed by atoms with E-state index in [1.54, 1.807) is 0 Å². The van der Waals surface area contributed by atoms with Gasteiger partial charge >= 0.3 is 0 Å². The van der Waals surface area contributed by atoms with Gasteiger partial charge in [0.1, 0.15) is 5.82 Å². The topological polar surface area (TPSA) is 61.9 Å². The Labute approximate surface area is 117 Å². The van der Waals surface area contributed by atoms with Crippen LogP contribution in [0.1, 0.15) is 29.6 Å². The quantitative estimate of drug-likeness (QED) is 0.917. The maximum Gasteiger partial charge on any atom is 0.251 e. The fourth-order valence-electron chi connectivity index (χ4n) is 2.72. The van der Waals surface area contributed by atoms with Crippen LogP contribution in [0.4, 0.5) is 0 Å². The van der Waals surface area contributed by atoms with E-state index in [0.29, 0.717) is 5.92 Å². The molecule has 0 spiro atoms. The van der Waals surface area contributed by atoms with Crippen LogP contribution in [-0.4, -0.2) is 32.9 Å². The molecule has 0 amide bonds. The van der Waals surface area contributed by atoms with E-state index in [1.807, 2.05) is 31.3 Å². The Morgan fingerprint density at radius 2 is 2.35 bits per heavy atom. The smallest absolute Gasteiger partial charge is 0.251 e. The first-order valence-corrected chi connectivity index (χ1v) is 6.91. The van der Waals surface area contributed by atoms with Gasteiger partial charge in [-0.25, -0.2) is 4.98 Å². The van der Waals surface area contributed by atoms with Crippen LogP contribution in [0.15, 0.2) is 35.3 Å². The second-order valence-electron chi connectivity index (χ2n) is 5.31. The van der Waals surface area contributed by atoms with Gasteiger partial charge < -0.3 is 4.98 Å². The summed E-state index contributed by atoms with van der Waals surface area (Å²) in [4.78, 5) is 25.6. The molecule has 1 fully saturated rings. The highest BCUT2D eigenvalue weighted by molar-refractivity contribution is 5.08. The zero-order valence-corrected chi connectivity index (χ0v) is 11.5. The lowest BCUT2D eigenvalue weighted by molar-refractivity contribution is 0.321. The molecule has 2 aromatic heterocycles. The normalized spacial score (nSPS) is 19.4. The van der Waals surface area contributed by atoms with Gasteiger partial charge in [-0.2, -0.15) is 0 Å². The van der Waals surface area contributed by atoms with Crippen molar-refractivity contribution in [1.82, 2.24) is 19.9 Å². The summed E-state index contributed by atoms with van der Waals surface area (Å²) >= 11 is 0. The molecule has 0 unspecified atom stereocenters. The van der Waals surface area contributed by atoms with Crippen molar-refractivity contribution in [3.8, 4) is 0 Å². The number of aromatic nitrogens is 3. The monoisotopic (exact) mass is 270 g/mol. The Kier molecular flexibility index (Phi) is 3.60. The number of aryl methyl sites for hydroxylation is 1. The molecule has 5 heteroatoms. The minimum atomic E-state index is -0.0596. The second kappa shape index (κ2) is 5.54. The molecule has 0 bridgehead atoms. The van der Waals surface area contributed by atoms with Crippen LogP contribution >= 0.6 is 0 Å². The molecule has 1 aliphatic rings. The third-order valence-electron chi connectivity index (χ3n) is 3.66. The molecule has 104 valence electrons. The van der Waals surface area contributed by atoms with Crippen LogP contribution in [-0.2, 0) is 6.54 Å². The zero-order valence-electron chi connectivity index (χ0n) is 11.5. The first kappa shape index (κ1) is 13.0. The molecule has 0 radical (unpaired) electrons. The number of aromatic amines is 1. The highest BCUT2D eigenvalue weighted by Gasteiger charge is 2.25. The lowest BCUT2D eigenvalue weighted by Crippen LogP contribution is -2.21. The number of hydrogen-bond donors (Lipinski definition) is 1. The molecule has 1 saturated heterocycles. The minimum Gasteiger partial charge on any atom is -0.310 e. The van der Waals surface area contributed by atoms with E-state index in [4.69, 9.17) is 0 Å². The van der Waals surface area contributed by atoms with Crippen LogP contribution in [0.25, 0.3) is 0 Å². The maximum atomic E-state index is 11.5. The fraction of sp³-hybridized carbons (Fsp3) is 0.400. The van der Waals surface area contributed by atoms with E-state index < -0.39 is 0 Å². The predicted octanol–water partition coefficient (Wildman–Crippen LogP) is 1.46. The molecule has 3 heterocycles. The molecule has 1 atom stereocenters. The minimum absolute atomic E-state index is 0.0596. The van der Waals surface area contributed by atoms with Gasteiger partial charge in [-0.1, -0.05) is 6.07 Å². The Morgan fingerprint density at radius 1 is 1.45 bits per heavy atom. The van der Waals surface area contributed by atoms with Gasteiger partial charge in [-0.15, -0.1) is 0 Å². The Hall–Kier alpha value is -2.01. The molecular weight excluding hydrogens is 252 g/mol. The standard InChI is InChI=1S/C15H18N4O/c1-11-8-14(20)18-15(17-11)12-5-7-19(9-12)10-13-4-2-3-6-16-13/h2-4,6,8,12H,5,7,9-10H2,1H3,(H,17,18,20)/t12-/m0/s1. The number of H-pyrrole nitrogens is 1. The second-order valence-corrected chi connectivity index (χ2v) is 5.31. The SMILES string of the molecule is Cc1cc(=O)[nH]c([C@H]2CCN(Cc3ccccn3)C2)n1. The predicted molar refractivity (Wildman–Crippen MR) is 76.5 cm³/mol. The van der Waals surface area contributed by atoms with E-state index in [2.05, 4.69) is 19.9 Å². The van der Waals surface area contributed by atoms with Gasteiger partial charge in [0.25, 0.3) is 5.56 Å². The van der Waals surface area contributed by atoms with E-state index in [1.165, 1.54) is 6.07 Å². The van der Waals surface area contributed by atoms with Crippen LogP contribution in [0.5, 0.6) is 0 Å². The number of likely N-dealkylation sites (tertiary alicyclic amines) is 1. The van der Waals surface area contributed by atoms with Gasteiger partial charge in [-0.3, -0.25) is 14.7 Å². The highest BCUT2D eigenvalue weighted by Crippen LogP contribution is 2.25. The number of rotatable bonds is 3. The lowest BCUT2D eigenvalue weighted by atomic mass is 10.1. The summed E-state index contributed by atoms with van der Waals surface area (Å²) in [5.41, 5.74) is 1.81.